The van der Waals surface area contributed by atoms with Crippen LogP contribution in [0.25, 0.3) is 0 Å². The molecule has 0 aliphatic rings. The number of hydrogen-bond donors (Lipinski definition) is 0. The summed E-state index contributed by atoms with van der Waals surface area (Å²) in [6.45, 7) is 8.34. The summed E-state index contributed by atoms with van der Waals surface area (Å²) in [4.78, 5) is 0. The Balaban J connectivity index is 3.15. The van der Waals surface area contributed by atoms with Crippen LogP contribution in [-0.2, 0) is 0 Å². The molecule has 0 nitrogen and oxygen atoms in total. The van der Waals surface area contributed by atoms with Crippen LogP contribution in [-0.4, -0.2) is 0 Å². The van der Waals surface area contributed by atoms with Crippen molar-refractivity contribution in [3.05, 3.63) is 33.8 Å². The minimum Gasteiger partial charge on any atom is -0.117 e. The summed E-state index contributed by atoms with van der Waals surface area (Å²) in [6.07, 6.45) is 0. The van der Waals surface area contributed by atoms with Gasteiger partial charge >= 0.3 is 0 Å². The molecule has 0 fully saturated rings. The second kappa shape index (κ2) is 4.55. The maximum Gasteiger partial charge on any atom is 0.0622 e. The van der Waals surface area contributed by atoms with Crippen LogP contribution in [0.1, 0.15) is 35.9 Å². The fourth-order valence-electron chi connectivity index (χ4n) is 1.37. The molecule has 1 rings (SSSR count). The van der Waals surface area contributed by atoms with Crippen LogP contribution in [0.3, 0.4) is 0 Å². The third-order valence-electron chi connectivity index (χ3n) is 2.50. The van der Waals surface area contributed by atoms with Crippen molar-refractivity contribution in [2.24, 2.45) is 5.92 Å². The minimum absolute atomic E-state index is 0.00167. The average Bonchev–Trinajstić information content (AvgIpc) is 2.10. The molecule has 1 atom stereocenters. The molecule has 0 bridgehead atoms. The highest BCUT2D eigenvalue weighted by molar-refractivity contribution is 6.32. The molecule has 0 aromatic heterocycles. The standard InChI is InChI=1S/C12H16Cl2/c1-7(2)12(14)10-5-8(3)9(4)6-11(10)13/h5-7,12H,1-4H3. The van der Waals surface area contributed by atoms with Gasteiger partial charge < -0.3 is 0 Å². The lowest BCUT2D eigenvalue weighted by Gasteiger charge is -2.16. The van der Waals surface area contributed by atoms with E-state index in [0.29, 0.717) is 5.92 Å². The van der Waals surface area contributed by atoms with Crippen molar-refractivity contribution in [1.29, 1.82) is 0 Å². The van der Waals surface area contributed by atoms with Gasteiger partial charge in [0.15, 0.2) is 0 Å². The summed E-state index contributed by atoms with van der Waals surface area (Å²) >= 11 is 12.4. The van der Waals surface area contributed by atoms with E-state index < -0.39 is 0 Å². The zero-order valence-corrected chi connectivity index (χ0v) is 10.6. The third-order valence-corrected chi connectivity index (χ3v) is 3.56. The van der Waals surface area contributed by atoms with Crippen molar-refractivity contribution in [2.75, 3.05) is 0 Å². The van der Waals surface area contributed by atoms with E-state index in [4.69, 9.17) is 23.2 Å². The second-order valence-corrected chi connectivity index (χ2v) is 4.98. The van der Waals surface area contributed by atoms with Crippen molar-refractivity contribution in [2.45, 2.75) is 33.1 Å². The quantitative estimate of drug-likeness (QED) is 0.635. The van der Waals surface area contributed by atoms with Gasteiger partial charge in [-0.05, 0) is 42.5 Å². The molecule has 0 N–H and O–H groups in total. The van der Waals surface area contributed by atoms with E-state index in [-0.39, 0.29) is 5.38 Å². The van der Waals surface area contributed by atoms with Crippen LogP contribution < -0.4 is 0 Å². The highest BCUT2D eigenvalue weighted by Gasteiger charge is 2.16. The lowest BCUT2D eigenvalue weighted by molar-refractivity contribution is 0.624. The Hall–Kier alpha value is -0.200. The Bertz CT molecular complexity index is 329. The maximum absolute atomic E-state index is 6.29. The molecule has 78 valence electrons. The van der Waals surface area contributed by atoms with Gasteiger partial charge in [-0.25, -0.2) is 0 Å². The summed E-state index contributed by atoms with van der Waals surface area (Å²) in [5.41, 5.74) is 3.51. The van der Waals surface area contributed by atoms with Gasteiger partial charge in [-0.2, -0.15) is 0 Å². The largest absolute Gasteiger partial charge is 0.117 e. The third kappa shape index (κ3) is 2.43. The normalized spacial score (nSPS) is 13.4. The molecule has 0 saturated carbocycles. The molecule has 0 heterocycles. The van der Waals surface area contributed by atoms with E-state index in [0.717, 1.165) is 10.6 Å². The van der Waals surface area contributed by atoms with Crippen LogP contribution in [0.4, 0.5) is 0 Å². The van der Waals surface area contributed by atoms with Gasteiger partial charge in [-0.1, -0.05) is 31.5 Å². The predicted octanol–water partition coefficient (Wildman–Crippen LogP) is 4.89. The monoisotopic (exact) mass is 230 g/mol. The van der Waals surface area contributed by atoms with E-state index >= 15 is 0 Å². The van der Waals surface area contributed by atoms with Gasteiger partial charge in [0.05, 0.1) is 5.38 Å². The number of rotatable bonds is 2. The average molecular weight is 231 g/mol. The molecule has 0 aliphatic heterocycles. The van der Waals surface area contributed by atoms with E-state index in [1.54, 1.807) is 0 Å². The van der Waals surface area contributed by atoms with Gasteiger partial charge in [-0.15, -0.1) is 11.6 Å². The Morgan fingerprint density at radius 1 is 1.07 bits per heavy atom. The fraction of sp³-hybridized carbons (Fsp3) is 0.500. The van der Waals surface area contributed by atoms with Crippen molar-refractivity contribution in [1.82, 2.24) is 0 Å². The van der Waals surface area contributed by atoms with Gasteiger partial charge in [-0.3, -0.25) is 0 Å². The van der Waals surface area contributed by atoms with Crippen LogP contribution in [0, 0.1) is 19.8 Å². The van der Waals surface area contributed by atoms with Crippen molar-refractivity contribution in [3.8, 4) is 0 Å². The minimum atomic E-state index is 0.00167. The highest BCUT2D eigenvalue weighted by atomic mass is 35.5. The first-order valence-corrected chi connectivity index (χ1v) is 5.65. The first-order chi connectivity index (χ1) is 6.43. The van der Waals surface area contributed by atoms with Crippen molar-refractivity contribution >= 4 is 23.2 Å². The van der Waals surface area contributed by atoms with Crippen LogP contribution in [0.5, 0.6) is 0 Å². The summed E-state index contributed by atoms with van der Waals surface area (Å²) in [5.74, 6) is 0.399. The van der Waals surface area contributed by atoms with Crippen LogP contribution in [0.2, 0.25) is 5.02 Å². The van der Waals surface area contributed by atoms with Crippen LogP contribution in [0.15, 0.2) is 12.1 Å². The molecule has 14 heavy (non-hydrogen) atoms. The molecule has 1 aromatic rings. The van der Waals surface area contributed by atoms with E-state index in [2.05, 4.69) is 33.8 Å². The zero-order chi connectivity index (χ0) is 10.9. The van der Waals surface area contributed by atoms with Gasteiger partial charge in [0.25, 0.3) is 0 Å². The SMILES string of the molecule is Cc1cc(Cl)c(C(Cl)C(C)C)cc1C. The molecule has 0 saturated heterocycles. The van der Waals surface area contributed by atoms with Crippen molar-refractivity contribution in [3.63, 3.8) is 0 Å². The first-order valence-electron chi connectivity index (χ1n) is 4.84. The van der Waals surface area contributed by atoms with Gasteiger partial charge in [0.2, 0.25) is 0 Å². The lowest BCUT2D eigenvalue weighted by Crippen LogP contribution is -2.01. The topological polar surface area (TPSA) is 0 Å². The summed E-state index contributed by atoms with van der Waals surface area (Å²) in [7, 11) is 0. The molecule has 0 amide bonds. The molecular weight excluding hydrogens is 215 g/mol. The molecule has 1 aromatic carbocycles. The smallest absolute Gasteiger partial charge is 0.0622 e. The number of hydrogen-bond acceptors (Lipinski definition) is 0. The van der Waals surface area contributed by atoms with Crippen molar-refractivity contribution < 1.29 is 0 Å². The van der Waals surface area contributed by atoms with E-state index in [1.165, 1.54) is 11.1 Å². The molecule has 0 aliphatic carbocycles. The lowest BCUT2D eigenvalue weighted by atomic mass is 9.98. The summed E-state index contributed by atoms with van der Waals surface area (Å²) in [5, 5.41) is 0.781. The molecular formula is C12H16Cl2. The number of aryl methyl sites for hydroxylation is 2. The second-order valence-electron chi connectivity index (χ2n) is 4.10. The van der Waals surface area contributed by atoms with E-state index in [9.17, 15) is 0 Å². The fourth-order valence-corrected chi connectivity index (χ4v) is 1.95. The van der Waals surface area contributed by atoms with E-state index in [1.807, 2.05) is 6.07 Å². The summed E-state index contributed by atoms with van der Waals surface area (Å²) in [6, 6.07) is 4.08. The number of alkyl halides is 1. The van der Waals surface area contributed by atoms with Crippen LogP contribution >= 0.6 is 23.2 Å². The maximum atomic E-state index is 6.29. The predicted molar refractivity (Wildman–Crippen MR) is 64.4 cm³/mol. The Morgan fingerprint density at radius 2 is 1.57 bits per heavy atom. The molecule has 1 unspecified atom stereocenters. The zero-order valence-electron chi connectivity index (χ0n) is 9.07. The highest BCUT2D eigenvalue weighted by Crippen LogP contribution is 2.34. The number of benzene rings is 1. The molecule has 0 radical (unpaired) electrons. The first kappa shape index (κ1) is 11.9. The molecule has 0 spiro atoms. The Kier molecular flexibility index (Phi) is 3.86. The van der Waals surface area contributed by atoms with Gasteiger partial charge in [0.1, 0.15) is 0 Å². The Morgan fingerprint density at radius 3 is 2.07 bits per heavy atom. The summed E-state index contributed by atoms with van der Waals surface area (Å²) < 4.78 is 0. The number of halogens is 2. The molecule has 2 heteroatoms. The Labute approximate surface area is 96.2 Å². The van der Waals surface area contributed by atoms with Gasteiger partial charge in [0, 0.05) is 5.02 Å².